The fourth-order valence-electron chi connectivity index (χ4n) is 2.71. The predicted molar refractivity (Wildman–Crippen MR) is 118 cm³/mol. The van der Waals surface area contributed by atoms with Gasteiger partial charge in [-0.1, -0.05) is 42.5 Å². The number of ketones is 1. The van der Waals surface area contributed by atoms with Crippen LogP contribution in [0.5, 0.6) is 11.5 Å². The quantitative estimate of drug-likeness (QED) is 0.242. The van der Waals surface area contributed by atoms with Crippen molar-refractivity contribution < 1.29 is 18.7 Å². The molecule has 3 rings (SSSR count). The molecule has 0 saturated heterocycles. The molecule has 4 heteroatoms. The Labute approximate surface area is 176 Å². The van der Waals surface area contributed by atoms with Gasteiger partial charge < -0.3 is 9.47 Å². The second-order valence-electron chi connectivity index (χ2n) is 6.78. The third kappa shape index (κ3) is 6.17. The van der Waals surface area contributed by atoms with Gasteiger partial charge in [-0.2, -0.15) is 0 Å². The van der Waals surface area contributed by atoms with E-state index in [1.807, 2.05) is 55.5 Å². The highest BCUT2D eigenvalue weighted by molar-refractivity contribution is 6.06. The average molecular weight is 402 g/mol. The smallest absolute Gasteiger partial charge is 0.185 e. The van der Waals surface area contributed by atoms with Gasteiger partial charge in [-0.15, -0.1) is 0 Å². The Hall–Kier alpha value is -3.66. The molecule has 0 fully saturated rings. The van der Waals surface area contributed by atoms with E-state index in [1.54, 1.807) is 6.08 Å². The summed E-state index contributed by atoms with van der Waals surface area (Å²) in [6.45, 7) is 6.73. The first-order valence-electron chi connectivity index (χ1n) is 9.61. The highest BCUT2D eigenvalue weighted by Crippen LogP contribution is 2.17. The summed E-state index contributed by atoms with van der Waals surface area (Å²) in [6, 6.07) is 20.7. The standard InChI is InChI=1S/C26H23FO3/c1-19(2)21-8-14-25(15-9-21)30-18-17-29-24-12-3-20(4-13-24)5-16-26(28)22-6-10-23(27)11-7-22/h3-16H,1,17-18H2,2H3. The lowest BCUT2D eigenvalue weighted by Crippen LogP contribution is -2.08. The number of carbonyl (C=O) groups is 1. The minimum absolute atomic E-state index is 0.177. The van der Waals surface area contributed by atoms with E-state index in [2.05, 4.69) is 6.58 Å². The monoisotopic (exact) mass is 402 g/mol. The number of halogens is 1. The zero-order chi connectivity index (χ0) is 21.3. The molecule has 3 aromatic rings. The van der Waals surface area contributed by atoms with Gasteiger partial charge in [0, 0.05) is 5.56 Å². The van der Waals surface area contributed by atoms with E-state index in [0.29, 0.717) is 18.8 Å². The van der Waals surface area contributed by atoms with Crippen molar-refractivity contribution in [1.82, 2.24) is 0 Å². The molecular weight excluding hydrogens is 379 g/mol. The summed E-state index contributed by atoms with van der Waals surface area (Å²) in [5.74, 6) is 0.967. The molecule has 0 aliphatic rings. The maximum Gasteiger partial charge on any atom is 0.185 e. The summed E-state index contributed by atoms with van der Waals surface area (Å²) in [7, 11) is 0. The first-order chi connectivity index (χ1) is 14.5. The minimum Gasteiger partial charge on any atom is -0.490 e. The number of hydrogen-bond donors (Lipinski definition) is 0. The van der Waals surface area contributed by atoms with E-state index in [0.717, 1.165) is 28.2 Å². The van der Waals surface area contributed by atoms with Crippen molar-refractivity contribution in [3.8, 4) is 11.5 Å². The number of allylic oxidation sites excluding steroid dienone is 2. The molecule has 152 valence electrons. The zero-order valence-electron chi connectivity index (χ0n) is 16.8. The van der Waals surface area contributed by atoms with E-state index in [1.165, 1.54) is 30.3 Å². The molecule has 0 heterocycles. The molecule has 0 spiro atoms. The Morgan fingerprint density at radius 2 is 1.33 bits per heavy atom. The van der Waals surface area contributed by atoms with Crippen molar-refractivity contribution in [3.05, 3.63) is 108 Å². The SMILES string of the molecule is C=C(C)c1ccc(OCCOc2ccc(C=CC(=O)c3ccc(F)cc3)cc2)cc1. The number of ether oxygens (including phenoxy) is 2. The van der Waals surface area contributed by atoms with Crippen LogP contribution < -0.4 is 9.47 Å². The van der Waals surface area contributed by atoms with Crippen LogP contribution >= 0.6 is 0 Å². The van der Waals surface area contributed by atoms with Gasteiger partial charge in [-0.3, -0.25) is 4.79 Å². The summed E-state index contributed by atoms with van der Waals surface area (Å²) in [5, 5.41) is 0. The highest BCUT2D eigenvalue weighted by atomic mass is 19.1. The molecule has 0 aliphatic heterocycles. The Kier molecular flexibility index (Phi) is 7.17. The molecule has 0 bridgehead atoms. The van der Waals surface area contributed by atoms with E-state index < -0.39 is 0 Å². The first kappa shape index (κ1) is 21.1. The number of carbonyl (C=O) groups excluding carboxylic acids is 1. The number of benzene rings is 3. The molecule has 30 heavy (non-hydrogen) atoms. The van der Waals surface area contributed by atoms with Crippen LogP contribution in [-0.2, 0) is 0 Å². The zero-order valence-corrected chi connectivity index (χ0v) is 16.8. The Morgan fingerprint density at radius 3 is 1.87 bits per heavy atom. The van der Waals surface area contributed by atoms with Crippen LogP contribution in [0, 0.1) is 5.82 Å². The van der Waals surface area contributed by atoms with Gasteiger partial charge in [-0.25, -0.2) is 4.39 Å². The molecule has 3 nitrogen and oxygen atoms in total. The maximum absolute atomic E-state index is 12.9. The van der Waals surface area contributed by atoms with Crippen LogP contribution in [0.3, 0.4) is 0 Å². The van der Waals surface area contributed by atoms with Gasteiger partial charge in [0.15, 0.2) is 5.78 Å². The molecule has 0 aromatic heterocycles. The first-order valence-corrected chi connectivity index (χ1v) is 9.61. The summed E-state index contributed by atoms with van der Waals surface area (Å²) in [4.78, 5) is 12.1. The molecule has 0 radical (unpaired) electrons. The Bertz CT molecular complexity index is 1020. The van der Waals surface area contributed by atoms with Gasteiger partial charge in [-0.05, 0) is 72.7 Å². The van der Waals surface area contributed by atoms with Crippen LogP contribution in [0.2, 0.25) is 0 Å². The van der Waals surface area contributed by atoms with Crippen molar-refractivity contribution in [2.24, 2.45) is 0 Å². The second kappa shape index (κ2) is 10.2. The molecule has 0 saturated carbocycles. The van der Waals surface area contributed by atoms with Gasteiger partial charge in [0.2, 0.25) is 0 Å². The lowest BCUT2D eigenvalue weighted by molar-refractivity contribution is 0.104. The van der Waals surface area contributed by atoms with Crippen molar-refractivity contribution in [3.63, 3.8) is 0 Å². The van der Waals surface area contributed by atoms with E-state index in [4.69, 9.17) is 9.47 Å². The van der Waals surface area contributed by atoms with Crippen molar-refractivity contribution >= 4 is 17.4 Å². The molecule has 0 N–H and O–H groups in total. The van der Waals surface area contributed by atoms with Crippen LogP contribution in [0.1, 0.15) is 28.4 Å². The molecule has 0 amide bonds. The Balaban J connectivity index is 1.44. The molecule has 0 aliphatic carbocycles. The van der Waals surface area contributed by atoms with Crippen molar-refractivity contribution in [1.29, 1.82) is 0 Å². The summed E-state index contributed by atoms with van der Waals surface area (Å²) in [6.07, 6.45) is 3.18. The van der Waals surface area contributed by atoms with Crippen LogP contribution in [-0.4, -0.2) is 19.0 Å². The normalized spacial score (nSPS) is 10.7. The number of hydrogen-bond acceptors (Lipinski definition) is 3. The average Bonchev–Trinajstić information content (AvgIpc) is 2.76. The fraction of sp³-hybridized carbons (Fsp3) is 0.115. The number of rotatable bonds is 9. The van der Waals surface area contributed by atoms with E-state index >= 15 is 0 Å². The molecule has 0 atom stereocenters. The van der Waals surface area contributed by atoms with Gasteiger partial charge in [0.1, 0.15) is 30.5 Å². The van der Waals surface area contributed by atoms with Gasteiger partial charge >= 0.3 is 0 Å². The topological polar surface area (TPSA) is 35.5 Å². The predicted octanol–water partition coefficient (Wildman–Crippen LogP) is 6.21. The third-order valence-corrected chi connectivity index (χ3v) is 4.40. The minimum atomic E-state index is -0.364. The summed E-state index contributed by atoms with van der Waals surface area (Å²) in [5.41, 5.74) is 3.42. The van der Waals surface area contributed by atoms with E-state index in [-0.39, 0.29) is 11.6 Å². The van der Waals surface area contributed by atoms with Crippen LogP contribution in [0.15, 0.2) is 85.5 Å². The van der Waals surface area contributed by atoms with Gasteiger partial charge in [0.25, 0.3) is 0 Å². The van der Waals surface area contributed by atoms with Crippen molar-refractivity contribution in [2.75, 3.05) is 13.2 Å². The summed E-state index contributed by atoms with van der Waals surface area (Å²) >= 11 is 0. The largest absolute Gasteiger partial charge is 0.490 e. The van der Waals surface area contributed by atoms with Crippen LogP contribution in [0.25, 0.3) is 11.6 Å². The highest BCUT2D eigenvalue weighted by Gasteiger charge is 2.02. The summed E-state index contributed by atoms with van der Waals surface area (Å²) < 4.78 is 24.3. The second-order valence-corrected chi connectivity index (χ2v) is 6.78. The third-order valence-electron chi connectivity index (χ3n) is 4.40. The molecule has 0 unspecified atom stereocenters. The maximum atomic E-state index is 12.9. The lowest BCUT2D eigenvalue weighted by Gasteiger charge is -2.09. The van der Waals surface area contributed by atoms with Gasteiger partial charge in [0.05, 0.1) is 0 Å². The van der Waals surface area contributed by atoms with Crippen molar-refractivity contribution in [2.45, 2.75) is 6.92 Å². The molecule has 3 aromatic carbocycles. The molecular formula is C26H23FO3. The Morgan fingerprint density at radius 1 is 0.833 bits per heavy atom. The van der Waals surface area contributed by atoms with Crippen LogP contribution in [0.4, 0.5) is 4.39 Å². The lowest BCUT2D eigenvalue weighted by atomic mass is 10.1. The fourth-order valence-corrected chi connectivity index (χ4v) is 2.71. The van der Waals surface area contributed by atoms with E-state index in [9.17, 15) is 9.18 Å².